The van der Waals surface area contributed by atoms with Crippen LogP contribution in [0.2, 0.25) is 0 Å². The van der Waals surface area contributed by atoms with E-state index >= 15 is 0 Å². The quantitative estimate of drug-likeness (QED) is 0.473. The normalized spacial score (nSPS) is 50.6. The summed E-state index contributed by atoms with van der Waals surface area (Å²) in [5.74, 6) is 0.120. The second-order valence-electron chi connectivity index (χ2n) is 2.87. The van der Waals surface area contributed by atoms with Crippen LogP contribution in [0.1, 0.15) is 0 Å². The van der Waals surface area contributed by atoms with Gasteiger partial charge < -0.3 is 15.6 Å². The molecule has 0 aromatic carbocycles. The van der Waals surface area contributed by atoms with Gasteiger partial charge >= 0.3 is 0 Å². The molecule has 0 amide bonds. The Morgan fingerprint density at radius 1 is 1.40 bits per heavy atom. The van der Waals surface area contributed by atoms with Crippen LogP contribution in [0, 0.1) is 5.92 Å². The monoisotopic (exact) mass is 141 g/mol. The van der Waals surface area contributed by atoms with Crippen LogP contribution in [0.25, 0.3) is 0 Å². The lowest BCUT2D eigenvalue weighted by Crippen LogP contribution is -2.39. The fourth-order valence-corrected chi connectivity index (χ4v) is 1.64. The maximum absolute atomic E-state index is 8.86. The van der Waals surface area contributed by atoms with Gasteiger partial charge in [0.1, 0.15) is 0 Å². The molecule has 2 unspecified atom stereocenters. The summed E-state index contributed by atoms with van der Waals surface area (Å²) in [6.45, 7) is 0.132. The Labute approximate surface area is 59.5 Å². The molecule has 0 saturated carbocycles. The molecule has 2 bridgehead atoms. The first kappa shape index (κ1) is 6.34. The minimum atomic E-state index is -0.000000000000000222. The average molecular weight is 141 g/mol. The summed E-state index contributed by atoms with van der Waals surface area (Å²) in [7, 11) is 0. The molecule has 2 aliphatic rings. The Balaban J connectivity index is 2.18. The topological polar surface area (TPSA) is 55.5 Å². The standard InChI is InChI=1S/C7H11NO2/c8-7-4(3-9)5-1-2-6(7)10-5/h1-2,4-7,9H,3,8H2/t4-,5?,6?,7+/m0/s1. The summed E-state index contributed by atoms with van der Waals surface area (Å²) in [6, 6.07) is -0.000000000000000222. The summed E-state index contributed by atoms with van der Waals surface area (Å²) < 4.78 is 5.39. The van der Waals surface area contributed by atoms with Gasteiger partial charge in [-0.05, 0) is 0 Å². The molecule has 1 fully saturated rings. The molecule has 4 atom stereocenters. The zero-order valence-corrected chi connectivity index (χ0v) is 5.60. The van der Waals surface area contributed by atoms with Crippen molar-refractivity contribution < 1.29 is 9.84 Å². The van der Waals surface area contributed by atoms with Crippen molar-refractivity contribution in [1.29, 1.82) is 0 Å². The van der Waals surface area contributed by atoms with Gasteiger partial charge in [0, 0.05) is 12.0 Å². The SMILES string of the molecule is N[C@H]1C2C=CC(O2)[C@@H]1CO. The lowest BCUT2D eigenvalue weighted by Gasteiger charge is -2.18. The lowest BCUT2D eigenvalue weighted by molar-refractivity contribution is 0.0946. The molecule has 56 valence electrons. The van der Waals surface area contributed by atoms with Crippen LogP contribution in [0.4, 0.5) is 0 Å². The summed E-state index contributed by atoms with van der Waals surface area (Å²) in [5.41, 5.74) is 5.74. The number of rotatable bonds is 1. The first-order valence-corrected chi connectivity index (χ1v) is 3.53. The van der Waals surface area contributed by atoms with Crippen molar-refractivity contribution in [2.24, 2.45) is 11.7 Å². The first-order chi connectivity index (χ1) is 4.83. The van der Waals surface area contributed by atoms with Crippen LogP contribution < -0.4 is 5.73 Å². The molecule has 3 nitrogen and oxygen atoms in total. The fourth-order valence-electron chi connectivity index (χ4n) is 1.64. The van der Waals surface area contributed by atoms with Crippen molar-refractivity contribution in [3.63, 3.8) is 0 Å². The third-order valence-corrected chi connectivity index (χ3v) is 2.31. The summed E-state index contributed by atoms with van der Waals surface area (Å²) in [6.07, 6.45) is 4.09. The highest BCUT2D eigenvalue weighted by Crippen LogP contribution is 2.32. The molecule has 1 saturated heterocycles. The molecular formula is C7H11NO2. The maximum Gasteiger partial charge on any atom is 0.0920 e. The average Bonchev–Trinajstić information content (AvgIpc) is 2.46. The number of fused-ring (bicyclic) bond motifs is 2. The van der Waals surface area contributed by atoms with E-state index in [1.54, 1.807) is 0 Å². The van der Waals surface area contributed by atoms with E-state index in [1.807, 2.05) is 12.2 Å². The minimum absolute atomic E-state index is 0.000000000000000222. The van der Waals surface area contributed by atoms with Crippen molar-refractivity contribution in [2.75, 3.05) is 6.61 Å². The van der Waals surface area contributed by atoms with Gasteiger partial charge in [-0.3, -0.25) is 0 Å². The third kappa shape index (κ3) is 0.653. The predicted octanol–water partition coefficient (Wildman–Crippen LogP) is -0.741. The highest BCUT2D eigenvalue weighted by Gasteiger charge is 2.43. The Kier molecular flexibility index (Phi) is 1.30. The van der Waals surface area contributed by atoms with Crippen LogP contribution in [-0.4, -0.2) is 30.0 Å². The van der Waals surface area contributed by atoms with E-state index in [0.717, 1.165) is 0 Å². The van der Waals surface area contributed by atoms with E-state index in [0.29, 0.717) is 0 Å². The number of hydrogen-bond donors (Lipinski definition) is 2. The smallest absolute Gasteiger partial charge is 0.0920 e. The summed E-state index contributed by atoms with van der Waals surface area (Å²) in [4.78, 5) is 0. The molecule has 2 rings (SSSR count). The molecule has 3 heteroatoms. The van der Waals surface area contributed by atoms with Crippen molar-refractivity contribution in [2.45, 2.75) is 18.2 Å². The Bertz CT molecular complexity index is 169. The van der Waals surface area contributed by atoms with Crippen molar-refractivity contribution in [3.8, 4) is 0 Å². The molecule has 2 aliphatic heterocycles. The second kappa shape index (κ2) is 2.05. The first-order valence-electron chi connectivity index (χ1n) is 3.53. The minimum Gasteiger partial charge on any atom is -0.396 e. The van der Waals surface area contributed by atoms with Crippen LogP contribution in [0.15, 0.2) is 12.2 Å². The van der Waals surface area contributed by atoms with Crippen molar-refractivity contribution in [3.05, 3.63) is 12.2 Å². The molecule has 0 aromatic heterocycles. The molecule has 0 aliphatic carbocycles. The van der Waals surface area contributed by atoms with Crippen LogP contribution in [-0.2, 0) is 4.74 Å². The summed E-state index contributed by atoms with van der Waals surface area (Å²) in [5, 5.41) is 8.86. The van der Waals surface area contributed by atoms with E-state index in [1.165, 1.54) is 0 Å². The van der Waals surface area contributed by atoms with Gasteiger partial charge in [0.25, 0.3) is 0 Å². The highest BCUT2D eigenvalue weighted by molar-refractivity contribution is 5.16. The van der Waals surface area contributed by atoms with Crippen molar-refractivity contribution >= 4 is 0 Å². The number of aliphatic hydroxyl groups is 1. The Hall–Kier alpha value is -0.380. The van der Waals surface area contributed by atoms with Gasteiger partial charge in [-0.1, -0.05) is 12.2 Å². The predicted molar refractivity (Wildman–Crippen MR) is 36.4 cm³/mol. The molecule has 0 aromatic rings. The number of ether oxygens (including phenoxy) is 1. The zero-order valence-electron chi connectivity index (χ0n) is 5.60. The van der Waals surface area contributed by atoms with Crippen LogP contribution in [0.5, 0.6) is 0 Å². The van der Waals surface area contributed by atoms with Gasteiger partial charge in [-0.15, -0.1) is 0 Å². The lowest BCUT2D eigenvalue weighted by atomic mass is 9.91. The number of aliphatic hydroxyl groups excluding tert-OH is 1. The van der Waals surface area contributed by atoms with Gasteiger partial charge in [0.05, 0.1) is 18.8 Å². The number of nitrogens with two attached hydrogens (primary N) is 1. The van der Waals surface area contributed by atoms with E-state index in [9.17, 15) is 0 Å². The van der Waals surface area contributed by atoms with E-state index in [-0.39, 0.29) is 30.8 Å². The zero-order chi connectivity index (χ0) is 7.14. The fraction of sp³-hybridized carbons (Fsp3) is 0.714. The van der Waals surface area contributed by atoms with E-state index in [2.05, 4.69) is 0 Å². The van der Waals surface area contributed by atoms with Crippen LogP contribution in [0.3, 0.4) is 0 Å². The third-order valence-electron chi connectivity index (χ3n) is 2.31. The molecule has 0 spiro atoms. The van der Waals surface area contributed by atoms with Gasteiger partial charge in [-0.25, -0.2) is 0 Å². The second-order valence-corrected chi connectivity index (χ2v) is 2.87. The molecule has 3 N–H and O–H groups in total. The molecule has 10 heavy (non-hydrogen) atoms. The molecule has 0 radical (unpaired) electrons. The Morgan fingerprint density at radius 3 is 2.50 bits per heavy atom. The highest BCUT2D eigenvalue weighted by atomic mass is 16.5. The van der Waals surface area contributed by atoms with Gasteiger partial charge in [0.15, 0.2) is 0 Å². The Morgan fingerprint density at radius 2 is 2.10 bits per heavy atom. The number of hydrogen-bond acceptors (Lipinski definition) is 3. The summed E-state index contributed by atoms with van der Waals surface area (Å²) >= 11 is 0. The van der Waals surface area contributed by atoms with E-state index in [4.69, 9.17) is 15.6 Å². The maximum atomic E-state index is 8.86. The molecular weight excluding hydrogens is 130 g/mol. The van der Waals surface area contributed by atoms with Crippen molar-refractivity contribution in [1.82, 2.24) is 0 Å². The van der Waals surface area contributed by atoms with Gasteiger partial charge in [-0.2, -0.15) is 0 Å². The van der Waals surface area contributed by atoms with Gasteiger partial charge in [0.2, 0.25) is 0 Å². The van der Waals surface area contributed by atoms with Crippen LogP contribution >= 0.6 is 0 Å². The van der Waals surface area contributed by atoms with E-state index < -0.39 is 0 Å². The largest absolute Gasteiger partial charge is 0.396 e. The molecule has 2 heterocycles.